The summed E-state index contributed by atoms with van der Waals surface area (Å²) < 4.78 is 0. The molecule has 0 aliphatic carbocycles. The van der Waals surface area contributed by atoms with Gasteiger partial charge < -0.3 is 5.32 Å². The predicted octanol–water partition coefficient (Wildman–Crippen LogP) is 3.61. The molecule has 1 atom stereocenters. The molecule has 1 heterocycles. The van der Waals surface area contributed by atoms with Crippen LogP contribution in [0.1, 0.15) is 19.8 Å². The number of nitrogens with one attached hydrogen (secondary N) is 1. The van der Waals surface area contributed by atoms with E-state index in [2.05, 4.69) is 50.5 Å². The maximum absolute atomic E-state index is 4.15. The fraction of sp³-hybridized carbons (Fsp3) is 0.385. The highest BCUT2D eigenvalue weighted by Crippen LogP contribution is 2.19. The molecule has 0 saturated carbocycles. The van der Waals surface area contributed by atoms with E-state index in [0.29, 0.717) is 4.83 Å². The molecule has 0 saturated heterocycles. The first kappa shape index (κ1) is 12.3. The van der Waals surface area contributed by atoms with E-state index >= 15 is 0 Å². The van der Waals surface area contributed by atoms with Crippen LogP contribution in [0.15, 0.2) is 30.5 Å². The normalized spacial score (nSPS) is 12.6. The Labute approximate surface area is 110 Å². The number of benzene rings is 1. The average molecular weight is 294 g/mol. The zero-order valence-corrected chi connectivity index (χ0v) is 11.4. The van der Waals surface area contributed by atoms with Crippen molar-refractivity contribution in [2.45, 2.75) is 24.6 Å². The summed E-state index contributed by atoms with van der Waals surface area (Å²) in [7, 11) is 0. The Morgan fingerprint density at radius 2 is 2.18 bits per heavy atom. The number of rotatable bonds is 5. The van der Waals surface area contributed by atoms with Gasteiger partial charge in [0.05, 0.1) is 6.20 Å². The van der Waals surface area contributed by atoms with Gasteiger partial charge in [0.2, 0.25) is 0 Å². The topological polar surface area (TPSA) is 37.8 Å². The standard InChI is InChI=1S/C13H16BrN3/c1-2-11(14)7-8-15-13-12-6-4-3-5-10(12)9-16-17-13/h3-6,9,11H,2,7-8H2,1H3,(H,15,17). The van der Waals surface area contributed by atoms with Crippen molar-refractivity contribution in [3.63, 3.8) is 0 Å². The zero-order valence-electron chi connectivity index (χ0n) is 9.86. The van der Waals surface area contributed by atoms with E-state index < -0.39 is 0 Å². The van der Waals surface area contributed by atoms with Gasteiger partial charge in [-0.2, -0.15) is 5.10 Å². The summed E-state index contributed by atoms with van der Waals surface area (Å²) in [6, 6.07) is 8.15. The molecule has 1 unspecified atom stereocenters. The first-order chi connectivity index (χ1) is 8.31. The molecule has 2 aromatic rings. The maximum Gasteiger partial charge on any atom is 0.156 e. The summed E-state index contributed by atoms with van der Waals surface area (Å²) in [6.45, 7) is 3.09. The van der Waals surface area contributed by atoms with Crippen LogP contribution in [0.25, 0.3) is 10.8 Å². The van der Waals surface area contributed by atoms with E-state index in [-0.39, 0.29) is 0 Å². The number of anilines is 1. The van der Waals surface area contributed by atoms with Crippen molar-refractivity contribution >= 4 is 32.5 Å². The molecule has 0 amide bonds. The quantitative estimate of drug-likeness (QED) is 0.856. The Balaban J connectivity index is 2.08. The number of halogens is 1. The summed E-state index contributed by atoms with van der Waals surface area (Å²) in [4.78, 5) is 0.568. The fourth-order valence-corrected chi connectivity index (χ4v) is 1.94. The zero-order chi connectivity index (χ0) is 12.1. The molecule has 0 radical (unpaired) electrons. The third-order valence-electron chi connectivity index (χ3n) is 2.76. The van der Waals surface area contributed by atoms with Gasteiger partial charge in [-0.15, -0.1) is 5.10 Å². The average Bonchev–Trinajstić information content (AvgIpc) is 2.39. The number of fused-ring (bicyclic) bond motifs is 1. The Morgan fingerprint density at radius 1 is 1.35 bits per heavy atom. The van der Waals surface area contributed by atoms with Crippen LogP contribution in [0.3, 0.4) is 0 Å². The summed E-state index contributed by atoms with van der Waals surface area (Å²) >= 11 is 3.62. The SMILES string of the molecule is CCC(Br)CCNc1nncc2ccccc12. The first-order valence-corrected chi connectivity index (χ1v) is 6.81. The van der Waals surface area contributed by atoms with Crippen LogP contribution in [-0.4, -0.2) is 21.6 Å². The lowest BCUT2D eigenvalue weighted by atomic mass is 10.2. The second-order valence-electron chi connectivity index (χ2n) is 4.00. The third-order valence-corrected chi connectivity index (χ3v) is 3.87. The number of nitrogens with zero attached hydrogens (tertiary/aromatic N) is 2. The molecule has 1 aromatic heterocycles. The highest BCUT2D eigenvalue weighted by Gasteiger charge is 2.04. The lowest BCUT2D eigenvalue weighted by Crippen LogP contribution is -2.09. The van der Waals surface area contributed by atoms with E-state index in [4.69, 9.17) is 0 Å². The third kappa shape index (κ3) is 3.16. The highest BCUT2D eigenvalue weighted by atomic mass is 79.9. The predicted molar refractivity (Wildman–Crippen MR) is 75.7 cm³/mol. The molecule has 2 rings (SSSR count). The lowest BCUT2D eigenvalue weighted by Gasteiger charge is -2.09. The Kier molecular flexibility index (Phi) is 4.31. The van der Waals surface area contributed by atoms with Crippen LogP contribution in [0.4, 0.5) is 5.82 Å². The highest BCUT2D eigenvalue weighted by molar-refractivity contribution is 9.09. The van der Waals surface area contributed by atoms with Gasteiger partial charge in [-0.3, -0.25) is 0 Å². The second kappa shape index (κ2) is 5.96. The van der Waals surface area contributed by atoms with Crippen molar-refractivity contribution in [3.8, 4) is 0 Å². The van der Waals surface area contributed by atoms with Crippen LogP contribution >= 0.6 is 15.9 Å². The van der Waals surface area contributed by atoms with Crippen molar-refractivity contribution in [3.05, 3.63) is 30.5 Å². The van der Waals surface area contributed by atoms with Gasteiger partial charge in [0.25, 0.3) is 0 Å². The van der Waals surface area contributed by atoms with Gasteiger partial charge >= 0.3 is 0 Å². The maximum atomic E-state index is 4.15. The van der Waals surface area contributed by atoms with Gasteiger partial charge in [-0.25, -0.2) is 0 Å². The van der Waals surface area contributed by atoms with Crippen molar-refractivity contribution in [2.75, 3.05) is 11.9 Å². The molecule has 90 valence electrons. The minimum absolute atomic E-state index is 0.568. The molecule has 1 N–H and O–H groups in total. The van der Waals surface area contributed by atoms with Gasteiger partial charge in [-0.1, -0.05) is 47.1 Å². The molecule has 0 aliphatic rings. The molecule has 0 aliphatic heterocycles. The molecule has 3 nitrogen and oxygen atoms in total. The molecule has 17 heavy (non-hydrogen) atoms. The van der Waals surface area contributed by atoms with Gasteiger partial charge in [0.15, 0.2) is 5.82 Å². The smallest absolute Gasteiger partial charge is 0.156 e. The lowest BCUT2D eigenvalue weighted by molar-refractivity contribution is 0.772. The Bertz CT molecular complexity index is 482. The number of aromatic nitrogens is 2. The number of hydrogen-bond donors (Lipinski definition) is 1. The van der Waals surface area contributed by atoms with Crippen LogP contribution in [0.2, 0.25) is 0 Å². The van der Waals surface area contributed by atoms with Crippen LogP contribution in [-0.2, 0) is 0 Å². The number of hydrogen-bond acceptors (Lipinski definition) is 3. The van der Waals surface area contributed by atoms with E-state index in [1.165, 1.54) is 0 Å². The molecule has 0 bridgehead atoms. The van der Waals surface area contributed by atoms with E-state index in [1.807, 2.05) is 12.1 Å². The minimum Gasteiger partial charge on any atom is -0.368 e. The Morgan fingerprint density at radius 3 is 3.00 bits per heavy atom. The van der Waals surface area contributed by atoms with Crippen molar-refractivity contribution in [1.82, 2.24) is 10.2 Å². The second-order valence-corrected chi connectivity index (χ2v) is 5.30. The first-order valence-electron chi connectivity index (χ1n) is 5.89. The summed E-state index contributed by atoms with van der Waals surface area (Å²) in [5.41, 5.74) is 0. The fourth-order valence-electron chi connectivity index (χ4n) is 1.71. The van der Waals surface area contributed by atoms with Gasteiger partial charge in [0, 0.05) is 22.1 Å². The van der Waals surface area contributed by atoms with Gasteiger partial charge in [0.1, 0.15) is 0 Å². The van der Waals surface area contributed by atoms with E-state index in [9.17, 15) is 0 Å². The van der Waals surface area contributed by atoms with Crippen molar-refractivity contribution in [2.24, 2.45) is 0 Å². The van der Waals surface area contributed by atoms with Crippen molar-refractivity contribution in [1.29, 1.82) is 0 Å². The van der Waals surface area contributed by atoms with E-state index in [1.54, 1.807) is 6.20 Å². The monoisotopic (exact) mass is 293 g/mol. The van der Waals surface area contributed by atoms with Crippen LogP contribution in [0, 0.1) is 0 Å². The molecule has 0 fully saturated rings. The molecular formula is C13H16BrN3. The Hall–Kier alpha value is -1.16. The molecule has 0 spiro atoms. The summed E-state index contributed by atoms with van der Waals surface area (Å²) in [6.07, 6.45) is 4.02. The van der Waals surface area contributed by atoms with Gasteiger partial charge in [-0.05, 0) is 12.8 Å². The minimum atomic E-state index is 0.568. The largest absolute Gasteiger partial charge is 0.368 e. The van der Waals surface area contributed by atoms with Crippen LogP contribution in [0.5, 0.6) is 0 Å². The number of alkyl halides is 1. The molecule has 4 heteroatoms. The van der Waals surface area contributed by atoms with E-state index in [0.717, 1.165) is 36.0 Å². The van der Waals surface area contributed by atoms with Crippen molar-refractivity contribution < 1.29 is 0 Å². The summed E-state index contributed by atoms with van der Waals surface area (Å²) in [5, 5.41) is 13.8. The summed E-state index contributed by atoms with van der Waals surface area (Å²) in [5.74, 6) is 0.874. The molecular weight excluding hydrogens is 278 g/mol. The molecule has 1 aromatic carbocycles. The van der Waals surface area contributed by atoms with Crippen LogP contribution < -0.4 is 5.32 Å².